The van der Waals surface area contributed by atoms with E-state index in [9.17, 15) is 4.79 Å². The molecule has 0 aliphatic heterocycles. The predicted molar refractivity (Wildman–Crippen MR) is 93.9 cm³/mol. The first-order valence-corrected chi connectivity index (χ1v) is 6.83. The third-order valence-electron chi connectivity index (χ3n) is 0.673. The quantitative estimate of drug-likeness (QED) is 0.543. The topological polar surface area (TPSA) is 52.3 Å². The van der Waals surface area contributed by atoms with E-state index in [0.717, 1.165) is 5.92 Å². The van der Waals surface area contributed by atoms with Crippen molar-refractivity contribution < 1.29 is 9.53 Å². The summed E-state index contributed by atoms with van der Waals surface area (Å²) in [5.74, 6) is 0.685. The van der Waals surface area contributed by atoms with Crippen LogP contribution in [0.1, 0.15) is 69.7 Å². The number of methoxy groups -OCH3 is 1. The van der Waals surface area contributed by atoms with Crippen molar-refractivity contribution in [2.45, 2.75) is 75.8 Å². The molecule has 0 amide bonds. The van der Waals surface area contributed by atoms with Crippen LogP contribution in [-0.2, 0) is 9.53 Å². The molecule has 0 aliphatic rings. The Balaban J connectivity index is -0.0000000512. The Morgan fingerprint density at radius 1 is 1.00 bits per heavy atom. The van der Waals surface area contributed by atoms with Crippen LogP contribution in [0.15, 0.2) is 12.2 Å². The largest absolute Gasteiger partial charge is 0.469 e. The van der Waals surface area contributed by atoms with Gasteiger partial charge in [0.15, 0.2) is 0 Å². The Hall–Kier alpha value is -0.830. The Morgan fingerprint density at radius 2 is 1.15 bits per heavy atom. The minimum absolute atomic E-state index is 0. The molecule has 3 nitrogen and oxygen atoms in total. The van der Waals surface area contributed by atoms with Gasteiger partial charge in [0.1, 0.15) is 0 Å². The summed E-state index contributed by atoms with van der Waals surface area (Å²) in [5, 5.41) is 0. The molecule has 20 heavy (non-hydrogen) atoms. The summed E-state index contributed by atoms with van der Waals surface area (Å²) in [7, 11) is 1.39. The van der Waals surface area contributed by atoms with Gasteiger partial charge in [-0.1, -0.05) is 61.5 Å². The molecule has 0 saturated carbocycles. The Labute approximate surface area is 129 Å². The summed E-state index contributed by atoms with van der Waals surface area (Å²) in [6.07, 6.45) is 0. The standard InChI is InChI=1S/C5H10O2.C4H10.C4H8.C3H9N.CH4/c1-4(2)5(6)7-3;2*1-4(2)3;1-3(2)4;/h4H,1-3H3;4H,1-3H3;1H2,2-3H3;3H,4H2,1-2H3;1H4. The molecule has 0 radical (unpaired) electrons. The van der Waals surface area contributed by atoms with Gasteiger partial charge >= 0.3 is 5.97 Å². The maximum atomic E-state index is 10.3. The highest BCUT2D eigenvalue weighted by Gasteiger charge is 2.03. The summed E-state index contributed by atoms with van der Waals surface area (Å²) in [5.41, 5.74) is 6.28. The molecule has 0 aromatic carbocycles. The van der Waals surface area contributed by atoms with Crippen LogP contribution >= 0.6 is 0 Å². The van der Waals surface area contributed by atoms with Gasteiger partial charge in [0, 0.05) is 0 Å². The second-order valence-electron chi connectivity index (χ2n) is 5.86. The molecule has 0 rings (SSSR count). The zero-order valence-electron chi connectivity index (χ0n) is 14.8. The molecule has 0 aromatic heterocycles. The van der Waals surface area contributed by atoms with Crippen molar-refractivity contribution in [1.29, 1.82) is 0 Å². The average molecular weight is 292 g/mol. The lowest BCUT2D eigenvalue weighted by Gasteiger charge is -1.97. The Kier molecular flexibility index (Phi) is 36.7. The molecular formula is C17H41NO2. The lowest BCUT2D eigenvalue weighted by atomic mass is 10.2. The summed E-state index contributed by atoms with van der Waals surface area (Å²) in [6, 6.07) is 0.333. The number of hydrogen-bond donors (Lipinski definition) is 1. The van der Waals surface area contributed by atoms with Crippen LogP contribution in [0, 0.1) is 11.8 Å². The van der Waals surface area contributed by atoms with Gasteiger partial charge < -0.3 is 10.5 Å². The Morgan fingerprint density at radius 3 is 1.15 bits per heavy atom. The van der Waals surface area contributed by atoms with E-state index in [2.05, 4.69) is 32.1 Å². The summed E-state index contributed by atoms with van der Waals surface area (Å²) in [4.78, 5) is 10.3. The lowest BCUT2D eigenvalue weighted by Crippen LogP contribution is -2.07. The minimum Gasteiger partial charge on any atom is -0.469 e. The molecule has 0 fully saturated rings. The first-order valence-electron chi connectivity index (χ1n) is 6.83. The van der Waals surface area contributed by atoms with Gasteiger partial charge in [0.05, 0.1) is 13.0 Å². The molecule has 126 valence electrons. The fraction of sp³-hybridized carbons (Fsp3) is 0.824. The number of allylic oxidation sites excluding steroid dienone is 1. The fourth-order valence-electron chi connectivity index (χ4n) is 0.236. The lowest BCUT2D eigenvalue weighted by molar-refractivity contribution is -0.144. The van der Waals surface area contributed by atoms with Gasteiger partial charge in [0.2, 0.25) is 0 Å². The predicted octanol–water partition coefficient (Wildman–Crippen LogP) is 5.05. The maximum absolute atomic E-state index is 10.3. The van der Waals surface area contributed by atoms with Crippen molar-refractivity contribution >= 4 is 5.97 Å². The number of hydrogen-bond acceptors (Lipinski definition) is 3. The van der Waals surface area contributed by atoms with Crippen LogP contribution in [-0.4, -0.2) is 19.1 Å². The number of esters is 1. The average Bonchev–Trinajstić information content (AvgIpc) is 2.13. The number of ether oxygens (including phenoxy) is 1. The second-order valence-corrected chi connectivity index (χ2v) is 5.86. The van der Waals surface area contributed by atoms with Crippen LogP contribution in [0.3, 0.4) is 0 Å². The first kappa shape index (κ1) is 31.5. The molecule has 0 spiro atoms. The molecule has 0 heterocycles. The SMILES string of the molecule is C.C=C(C)C.CC(C)C.CC(C)N.COC(=O)C(C)C. The summed E-state index contributed by atoms with van der Waals surface area (Å²) in [6.45, 7) is 21.5. The van der Waals surface area contributed by atoms with Crippen molar-refractivity contribution in [3.05, 3.63) is 12.2 Å². The van der Waals surface area contributed by atoms with Crippen molar-refractivity contribution in [2.24, 2.45) is 17.6 Å². The highest BCUT2D eigenvalue weighted by atomic mass is 16.5. The third-order valence-corrected chi connectivity index (χ3v) is 0.673. The van der Waals surface area contributed by atoms with Gasteiger partial charge in [-0.3, -0.25) is 4.79 Å². The van der Waals surface area contributed by atoms with Gasteiger partial charge in [0.25, 0.3) is 0 Å². The van der Waals surface area contributed by atoms with Crippen LogP contribution in [0.25, 0.3) is 0 Å². The van der Waals surface area contributed by atoms with E-state index in [4.69, 9.17) is 5.73 Å². The number of rotatable bonds is 1. The van der Waals surface area contributed by atoms with Crippen LogP contribution in [0.4, 0.5) is 0 Å². The van der Waals surface area contributed by atoms with E-state index in [1.165, 1.54) is 12.7 Å². The monoisotopic (exact) mass is 291 g/mol. The van der Waals surface area contributed by atoms with E-state index < -0.39 is 0 Å². The van der Waals surface area contributed by atoms with Crippen molar-refractivity contribution in [3.8, 4) is 0 Å². The van der Waals surface area contributed by atoms with Crippen LogP contribution in [0.2, 0.25) is 0 Å². The smallest absolute Gasteiger partial charge is 0.308 e. The fourth-order valence-corrected chi connectivity index (χ4v) is 0.236. The van der Waals surface area contributed by atoms with E-state index in [-0.39, 0.29) is 19.3 Å². The van der Waals surface area contributed by atoms with Gasteiger partial charge in [-0.15, -0.1) is 6.58 Å². The molecule has 0 bridgehead atoms. The summed E-state index contributed by atoms with van der Waals surface area (Å²) >= 11 is 0. The maximum Gasteiger partial charge on any atom is 0.308 e. The van der Waals surface area contributed by atoms with Gasteiger partial charge in [-0.25, -0.2) is 0 Å². The Bertz CT molecular complexity index is 182. The van der Waals surface area contributed by atoms with E-state index in [1.54, 1.807) is 13.8 Å². The highest BCUT2D eigenvalue weighted by molar-refractivity contribution is 5.71. The van der Waals surface area contributed by atoms with E-state index in [0.29, 0.717) is 6.04 Å². The van der Waals surface area contributed by atoms with E-state index >= 15 is 0 Å². The normalized spacial score (nSPS) is 8.10. The molecular weight excluding hydrogens is 250 g/mol. The van der Waals surface area contributed by atoms with Crippen molar-refractivity contribution in [1.82, 2.24) is 0 Å². The van der Waals surface area contributed by atoms with Crippen LogP contribution in [0.5, 0.6) is 0 Å². The third kappa shape index (κ3) is 168. The summed E-state index contributed by atoms with van der Waals surface area (Å²) < 4.78 is 4.37. The molecule has 3 heteroatoms. The number of nitrogens with two attached hydrogens (primary N) is 1. The number of carbonyl (C=O) groups is 1. The highest BCUT2D eigenvalue weighted by Crippen LogP contribution is 1.91. The molecule has 0 aliphatic carbocycles. The molecule has 0 atom stereocenters. The zero-order chi connectivity index (χ0) is 16.6. The minimum atomic E-state index is -0.153. The molecule has 2 N–H and O–H groups in total. The van der Waals surface area contributed by atoms with Gasteiger partial charge in [-0.05, 0) is 25.8 Å². The second kappa shape index (κ2) is 23.3. The molecule has 0 aromatic rings. The van der Waals surface area contributed by atoms with Crippen molar-refractivity contribution in [2.75, 3.05) is 7.11 Å². The first-order chi connectivity index (χ1) is 8.38. The zero-order valence-corrected chi connectivity index (χ0v) is 14.8. The van der Waals surface area contributed by atoms with Crippen molar-refractivity contribution in [3.63, 3.8) is 0 Å². The molecule has 0 saturated heterocycles. The van der Waals surface area contributed by atoms with Gasteiger partial charge in [-0.2, -0.15) is 0 Å². The number of carbonyl (C=O) groups excluding carboxylic acids is 1. The van der Waals surface area contributed by atoms with Crippen LogP contribution < -0.4 is 5.73 Å². The van der Waals surface area contributed by atoms with E-state index in [1.807, 2.05) is 27.7 Å². The molecule has 0 unspecified atom stereocenters.